The summed E-state index contributed by atoms with van der Waals surface area (Å²) in [6.07, 6.45) is 0. The number of nitrogens with zero attached hydrogens (tertiary/aromatic N) is 1. The third-order valence-electron chi connectivity index (χ3n) is 3.34. The Morgan fingerprint density at radius 2 is 1.80 bits per heavy atom. The molecular formula is C14H19Cl3N2O. The van der Waals surface area contributed by atoms with Crippen LogP contribution in [0.15, 0.2) is 30.3 Å². The highest BCUT2D eigenvalue weighted by Crippen LogP contribution is 2.39. The minimum Gasteiger partial charge on any atom is -0.379 e. The zero-order valence-corrected chi connectivity index (χ0v) is 13.5. The van der Waals surface area contributed by atoms with Crippen LogP contribution >= 0.6 is 34.8 Å². The topological polar surface area (TPSA) is 24.5 Å². The summed E-state index contributed by atoms with van der Waals surface area (Å²) in [5, 5.41) is 3.34. The molecule has 1 fully saturated rings. The van der Waals surface area contributed by atoms with Gasteiger partial charge in [0.05, 0.1) is 19.3 Å². The van der Waals surface area contributed by atoms with Crippen LogP contribution in [0.25, 0.3) is 0 Å². The van der Waals surface area contributed by atoms with Crippen molar-refractivity contribution in [3.63, 3.8) is 0 Å². The molecule has 0 aliphatic carbocycles. The van der Waals surface area contributed by atoms with E-state index in [0.717, 1.165) is 45.0 Å². The smallest absolute Gasteiger partial charge is 0.209 e. The van der Waals surface area contributed by atoms with E-state index in [1.165, 1.54) is 0 Å². The summed E-state index contributed by atoms with van der Waals surface area (Å²) >= 11 is 18.3. The van der Waals surface area contributed by atoms with Gasteiger partial charge in [-0.2, -0.15) is 0 Å². The second-order valence-corrected chi connectivity index (χ2v) is 7.16. The molecule has 0 aromatic heterocycles. The zero-order chi connectivity index (χ0) is 14.4. The van der Waals surface area contributed by atoms with Crippen LogP contribution in [0.3, 0.4) is 0 Å². The summed E-state index contributed by atoms with van der Waals surface area (Å²) in [6.45, 7) is 5.22. The van der Waals surface area contributed by atoms with Gasteiger partial charge >= 0.3 is 0 Å². The van der Waals surface area contributed by atoms with Crippen molar-refractivity contribution in [1.82, 2.24) is 10.2 Å². The number of hydrogen-bond acceptors (Lipinski definition) is 3. The fourth-order valence-electron chi connectivity index (χ4n) is 2.26. The normalized spacial score (nSPS) is 18.9. The van der Waals surface area contributed by atoms with E-state index in [9.17, 15) is 0 Å². The molecular weight excluding hydrogens is 319 g/mol. The Bertz CT molecular complexity index is 391. The van der Waals surface area contributed by atoms with Crippen molar-refractivity contribution in [3.8, 4) is 0 Å². The highest BCUT2D eigenvalue weighted by Gasteiger charge is 2.33. The molecule has 1 heterocycles. The molecule has 0 spiro atoms. The lowest BCUT2D eigenvalue weighted by Crippen LogP contribution is -2.42. The van der Waals surface area contributed by atoms with Crippen LogP contribution in [0.5, 0.6) is 0 Å². The highest BCUT2D eigenvalue weighted by molar-refractivity contribution is 6.68. The first-order valence-corrected chi connectivity index (χ1v) is 7.86. The van der Waals surface area contributed by atoms with E-state index >= 15 is 0 Å². The summed E-state index contributed by atoms with van der Waals surface area (Å²) in [4.78, 5) is 2.34. The Hall–Kier alpha value is -0.0300. The van der Waals surface area contributed by atoms with Gasteiger partial charge in [-0.05, 0) is 5.56 Å². The summed E-state index contributed by atoms with van der Waals surface area (Å²) in [6, 6.07) is 9.47. The SMILES string of the molecule is ClC(Cl)(Cl)[C@@H](NCCN1CCOCC1)c1ccccc1. The number of halogens is 3. The van der Waals surface area contributed by atoms with E-state index in [1.54, 1.807) is 0 Å². The monoisotopic (exact) mass is 336 g/mol. The summed E-state index contributed by atoms with van der Waals surface area (Å²) < 4.78 is 3.96. The Kier molecular flexibility index (Phi) is 6.40. The molecule has 3 nitrogen and oxygen atoms in total. The molecule has 0 unspecified atom stereocenters. The number of hydrogen-bond donors (Lipinski definition) is 1. The fraction of sp³-hybridized carbons (Fsp3) is 0.571. The van der Waals surface area contributed by atoms with Crippen LogP contribution in [-0.4, -0.2) is 48.1 Å². The minimum atomic E-state index is -1.37. The van der Waals surface area contributed by atoms with Crippen LogP contribution in [0.2, 0.25) is 0 Å². The van der Waals surface area contributed by atoms with E-state index < -0.39 is 3.79 Å². The minimum absolute atomic E-state index is 0.310. The van der Waals surface area contributed by atoms with E-state index in [4.69, 9.17) is 39.5 Å². The summed E-state index contributed by atoms with van der Waals surface area (Å²) in [7, 11) is 0. The van der Waals surface area contributed by atoms with Crippen LogP contribution in [0.1, 0.15) is 11.6 Å². The molecule has 2 rings (SSSR count). The van der Waals surface area contributed by atoms with Gasteiger partial charge in [-0.3, -0.25) is 4.90 Å². The first-order chi connectivity index (χ1) is 9.57. The largest absolute Gasteiger partial charge is 0.379 e. The van der Waals surface area contributed by atoms with Gasteiger partial charge in [-0.15, -0.1) is 0 Å². The maximum atomic E-state index is 6.09. The van der Waals surface area contributed by atoms with Crippen molar-refractivity contribution in [1.29, 1.82) is 0 Å². The number of ether oxygens (including phenoxy) is 1. The van der Waals surface area contributed by atoms with Gasteiger partial charge in [0.2, 0.25) is 3.79 Å². The molecule has 0 amide bonds. The molecule has 1 aromatic carbocycles. The van der Waals surface area contributed by atoms with Crippen LogP contribution in [0.4, 0.5) is 0 Å². The average molecular weight is 338 g/mol. The maximum Gasteiger partial charge on any atom is 0.209 e. The Morgan fingerprint density at radius 3 is 2.40 bits per heavy atom. The maximum absolute atomic E-state index is 6.09. The van der Waals surface area contributed by atoms with Gasteiger partial charge < -0.3 is 10.1 Å². The molecule has 1 aromatic rings. The van der Waals surface area contributed by atoms with E-state index in [-0.39, 0.29) is 6.04 Å². The average Bonchev–Trinajstić information content (AvgIpc) is 2.44. The Balaban J connectivity index is 1.88. The quantitative estimate of drug-likeness (QED) is 0.836. The van der Waals surface area contributed by atoms with Crippen LogP contribution in [0, 0.1) is 0 Å². The number of morpholine rings is 1. The van der Waals surface area contributed by atoms with E-state index in [1.807, 2.05) is 30.3 Å². The molecule has 0 bridgehead atoms. The second kappa shape index (κ2) is 7.83. The number of rotatable bonds is 5. The second-order valence-electron chi connectivity index (χ2n) is 4.79. The van der Waals surface area contributed by atoms with Gasteiger partial charge in [-0.25, -0.2) is 0 Å². The Morgan fingerprint density at radius 1 is 1.15 bits per heavy atom. The highest BCUT2D eigenvalue weighted by atomic mass is 35.6. The van der Waals surface area contributed by atoms with Crippen molar-refractivity contribution in [2.45, 2.75) is 9.83 Å². The first-order valence-electron chi connectivity index (χ1n) is 6.72. The Labute approximate surface area is 135 Å². The molecule has 0 radical (unpaired) electrons. The predicted molar refractivity (Wildman–Crippen MR) is 84.7 cm³/mol. The van der Waals surface area contributed by atoms with Crippen molar-refractivity contribution >= 4 is 34.8 Å². The van der Waals surface area contributed by atoms with Gasteiger partial charge in [0.25, 0.3) is 0 Å². The molecule has 1 aliphatic heterocycles. The third-order valence-corrected chi connectivity index (χ3v) is 4.00. The molecule has 1 N–H and O–H groups in total. The molecule has 20 heavy (non-hydrogen) atoms. The molecule has 1 aliphatic rings. The standard InChI is InChI=1S/C14H19Cl3N2O/c15-14(16,17)13(12-4-2-1-3-5-12)18-6-7-19-8-10-20-11-9-19/h1-5,13,18H,6-11H2/t13-/m0/s1. The lowest BCUT2D eigenvalue weighted by Gasteiger charge is -2.30. The number of benzene rings is 1. The van der Waals surface area contributed by atoms with Crippen molar-refractivity contribution in [3.05, 3.63) is 35.9 Å². The van der Waals surface area contributed by atoms with Crippen molar-refractivity contribution in [2.24, 2.45) is 0 Å². The molecule has 0 saturated carbocycles. The molecule has 6 heteroatoms. The lowest BCUT2D eigenvalue weighted by molar-refractivity contribution is 0.0381. The number of alkyl halides is 3. The predicted octanol–water partition coefficient (Wildman–Crippen LogP) is 3.02. The van der Waals surface area contributed by atoms with Gasteiger partial charge in [0.1, 0.15) is 0 Å². The molecule has 112 valence electrons. The first kappa shape index (κ1) is 16.3. The molecule has 1 saturated heterocycles. The van der Waals surface area contributed by atoms with Crippen molar-refractivity contribution < 1.29 is 4.74 Å². The van der Waals surface area contributed by atoms with Crippen molar-refractivity contribution in [2.75, 3.05) is 39.4 Å². The van der Waals surface area contributed by atoms with E-state index in [2.05, 4.69) is 10.2 Å². The summed E-state index contributed by atoms with van der Waals surface area (Å²) in [5.41, 5.74) is 0.981. The van der Waals surface area contributed by atoms with Crippen LogP contribution < -0.4 is 5.32 Å². The van der Waals surface area contributed by atoms with Gasteiger partial charge in [0.15, 0.2) is 0 Å². The van der Waals surface area contributed by atoms with Crippen LogP contribution in [-0.2, 0) is 4.74 Å². The fourth-order valence-corrected chi connectivity index (χ4v) is 2.87. The number of nitrogens with one attached hydrogen (secondary N) is 1. The summed E-state index contributed by atoms with van der Waals surface area (Å²) in [5.74, 6) is 0. The van der Waals surface area contributed by atoms with E-state index in [0.29, 0.717) is 0 Å². The zero-order valence-electron chi connectivity index (χ0n) is 11.2. The molecule has 1 atom stereocenters. The third kappa shape index (κ3) is 5.06. The lowest BCUT2D eigenvalue weighted by atomic mass is 10.1. The van der Waals surface area contributed by atoms with Gasteiger partial charge in [0, 0.05) is 26.2 Å². The van der Waals surface area contributed by atoms with Gasteiger partial charge in [-0.1, -0.05) is 65.1 Å².